The second kappa shape index (κ2) is 5.71. The van der Waals surface area contributed by atoms with Gasteiger partial charge in [0.2, 0.25) is 0 Å². The number of hydrogen-bond acceptors (Lipinski definition) is 1. The van der Waals surface area contributed by atoms with E-state index in [0.717, 1.165) is 27.7 Å². The van der Waals surface area contributed by atoms with Crippen molar-refractivity contribution in [3.05, 3.63) is 63.1 Å². The normalized spacial score (nSPS) is 10.4. The largest absolute Gasteiger partial charge is 0.321 e. The molecule has 2 rings (SSSR count). The Morgan fingerprint density at radius 2 is 1.70 bits per heavy atom. The maximum atomic E-state index is 13.6. The molecule has 0 aliphatic carbocycles. The number of hydrogen-bond donors (Lipinski definition) is 1. The summed E-state index contributed by atoms with van der Waals surface area (Å²) >= 11 is 3.36. The zero-order chi connectivity index (χ0) is 14.9. The quantitative estimate of drug-likeness (QED) is 0.851. The number of aryl methyl sites for hydroxylation is 2. The van der Waals surface area contributed by atoms with Crippen LogP contribution in [-0.4, -0.2) is 5.91 Å². The maximum Gasteiger partial charge on any atom is 0.258 e. The lowest BCUT2D eigenvalue weighted by molar-refractivity contribution is 0.102. The predicted octanol–water partition coefficient (Wildman–Crippen LogP) is 4.60. The molecule has 0 aromatic heterocycles. The Bertz CT molecular complexity index is 663. The van der Waals surface area contributed by atoms with Crippen molar-refractivity contribution < 1.29 is 13.6 Å². The first kappa shape index (κ1) is 14.7. The summed E-state index contributed by atoms with van der Waals surface area (Å²) in [7, 11) is 0. The van der Waals surface area contributed by atoms with Crippen LogP contribution in [0, 0.1) is 25.5 Å². The zero-order valence-corrected chi connectivity index (χ0v) is 12.5. The molecule has 5 heteroatoms. The third kappa shape index (κ3) is 3.04. The molecule has 0 aliphatic rings. The summed E-state index contributed by atoms with van der Waals surface area (Å²) in [6.45, 7) is 3.68. The molecule has 0 saturated heterocycles. The molecule has 0 radical (unpaired) electrons. The highest BCUT2D eigenvalue weighted by molar-refractivity contribution is 9.10. The molecule has 104 valence electrons. The van der Waals surface area contributed by atoms with Gasteiger partial charge in [-0.2, -0.15) is 0 Å². The molecule has 2 nitrogen and oxygen atoms in total. The van der Waals surface area contributed by atoms with Crippen molar-refractivity contribution in [3.8, 4) is 0 Å². The number of carbonyl (C=O) groups excluding carboxylic acids is 1. The summed E-state index contributed by atoms with van der Waals surface area (Å²) < 4.78 is 27.3. The molecule has 1 amide bonds. The van der Waals surface area contributed by atoms with E-state index in [1.54, 1.807) is 0 Å². The average molecular weight is 340 g/mol. The zero-order valence-electron chi connectivity index (χ0n) is 10.9. The molecule has 20 heavy (non-hydrogen) atoms. The van der Waals surface area contributed by atoms with E-state index in [1.807, 2.05) is 26.0 Å². The molecular formula is C15H12BrF2NO. The van der Waals surface area contributed by atoms with Crippen LogP contribution < -0.4 is 5.32 Å². The molecule has 0 atom stereocenters. The fourth-order valence-corrected chi connectivity index (χ4v) is 2.65. The van der Waals surface area contributed by atoms with E-state index < -0.39 is 17.5 Å². The minimum absolute atomic E-state index is 0.187. The van der Waals surface area contributed by atoms with Crippen LogP contribution in [0.3, 0.4) is 0 Å². The Morgan fingerprint density at radius 1 is 1.10 bits per heavy atom. The van der Waals surface area contributed by atoms with Gasteiger partial charge < -0.3 is 5.32 Å². The Morgan fingerprint density at radius 3 is 2.25 bits per heavy atom. The number of benzene rings is 2. The van der Waals surface area contributed by atoms with Gasteiger partial charge in [-0.1, -0.05) is 15.9 Å². The molecule has 2 aromatic carbocycles. The highest BCUT2D eigenvalue weighted by atomic mass is 79.9. The van der Waals surface area contributed by atoms with Gasteiger partial charge in [-0.15, -0.1) is 0 Å². The number of rotatable bonds is 2. The van der Waals surface area contributed by atoms with Gasteiger partial charge in [0.1, 0.15) is 11.6 Å². The van der Waals surface area contributed by atoms with Gasteiger partial charge in [-0.25, -0.2) is 8.78 Å². The van der Waals surface area contributed by atoms with Crippen molar-refractivity contribution in [1.82, 2.24) is 0 Å². The van der Waals surface area contributed by atoms with Gasteiger partial charge in [-0.3, -0.25) is 4.79 Å². The van der Waals surface area contributed by atoms with Gasteiger partial charge in [0.15, 0.2) is 0 Å². The fourth-order valence-electron chi connectivity index (χ4n) is 1.96. The monoisotopic (exact) mass is 339 g/mol. The van der Waals surface area contributed by atoms with E-state index in [0.29, 0.717) is 11.8 Å². The van der Waals surface area contributed by atoms with E-state index in [2.05, 4.69) is 21.2 Å². The lowest BCUT2D eigenvalue weighted by Gasteiger charge is -2.12. The van der Waals surface area contributed by atoms with E-state index in [9.17, 15) is 13.6 Å². The van der Waals surface area contributed by atoms with Crippen LogP contribution in [0.2, 0.25) is 0 Å². The minimum atomic E-state index is -0.880. The number of amides is 1. The number of carbonyl (C=O) groups is 1. The van der Waals surface area contributed by atoms with Crippen molar-refractivity contribution >= 4 is 27.5 Å². The van der Waals surface area contributed by atoms with Crippen molar-refractivity contribution in [1.29, 1.82) is 0 Å². The third-order valence-corrected chi connectivity index (χ3v) is 3.37. The van der Waals surface area contributed by atoms with Crippen LogP contribution in [-0.2, 0) is 0 Å². The lowest BCUT2D eigenvalue weighted by atomic mass is 10.1. The molecule has 0 fully saturated rings. The standard InChI is InChI=1S/C15H12BrF2NO/c1-8-5-10(16)6-9(2)14(8)19-15(20)12-4-3-11(17)7-13(12)18/h3-7H,1-2H3,(H,19,20). The third-order valence-electron chi connectivity index (χ3n) is 2.91. The number of halogens is 3. The summed E-state index contributed by atoms with van der Waals surface area (Å²) in [4.78, 5) is 12.1. The molecule has 0 spiro atoms. The summed E-state index contributed by atoms with van der Waals surface area (Å²) in [5.74, 6) is -2.19. The topological polar surface area (TPSA) is 29.1 Å². The number of nitrogens with one attached hydrogen (secondary N) is 1. The Kier molecular flexibility index (Phi) is 4.18. The summed E-state index contributed by atoms with van der Waals surface area (Å²) in [6, 6.07) is 6.58. The summed E-state index contributed by atoms with van der Waals surface area (Å²) in [5, 5.41) is 2.66. The van der Waals surface area contributed by atoms with Crippen molar-refractivity contribution in [2.45, 2.75) is 13.8 Å². The fraction of sp³-hybridized carbons (Fsp3) is 0.133. The van der Waals surface area contributed by atoms with E-state index >= 15 is 0 Å². The highest BCUT2D eigenvalue weighted by Gasteiger charge is 2.14. The first-order valence-electron chi connectivity index (χ1n) is 5.91. The Labute approximate surface area is 123 Å². The molecule has 0 heterocycles. The summed E-state index contributed by atoms with van der Waals surface area (Å²) in [5.41, 5.74) is 2.15. The molecule has 0 aliphatic heterocycles. The van der Waals surface area contributed by atoms with Crippen LogP contribution in [0.15, 0.2) is 34.8 Å². The van der Waals surface area contributed by atoms with Crippen molar-refractivity contribution in [2.24, 2.45) is 0 Å². The Hall–Kier alpha value is -1.75. The van der Waals surface area contributed by atoms with E-state index in [1.165, 1.54) is 0 Å². The minimum Gasteiger partial charge on any atom is -0.321 e. The van der Waals surface area contributed by atoms with Gasteiger partial charge >= 0.3 is 0 Å². The predicted molar refractivity (Wildman–Crippen MR) is 77.9 cm³/mol. The van der Waals surface area contributed by atoms with Gasteiger partial charge in [-0.05, 0) is 49.2 Å². The molecule has 2 aromatic rings. The Balaban J connectivity index is 2.33. The van der Waals surface area contributed by atoms with Crippen LogP contribution in [0.1, 0.15) is 21.5 Å². The van der Waals surface area contributed by atoms with Crippen LogP contribution in [0.4, 0.5) is 14.5 Å². The smallest absolute Gasteiger partial charge is 0.258 e. The second-order valence-corrected chi connectivity index (χ2v) is 5.41. The number of anilines is 1. The average Bonchev–Trinajstić information content (AvgIpc) is 2.33. The van der Waals surface area contributed by atoms with Crippen LogP contribution >= 0.6 is 15.9 Å². The molecule has 0 unspecified atom stereocenters. The SMILES string of the molecule is Cc1cc(Br)cc(C)c1NC(=O)c1ccc(F)cc1F. The lowest BCUT2D eigenvalue weighted by Crippen LogP contribution is -2.15. The maximum absolute atomic E-state index is 13.6. The molecular weight excluding hydrogens is 328 g/mol. The van der Waals surface area contributed by atoms with Crippen LogP contribution in [0.5, 0.6) is 0 Å². The first-order valence-corrected chi connectivity index (χ1v) is 6.71. The van der Waals surface area contributed by atoms with Gasteiger partial charge in [0.05, 0.1) is 5.56 Å². The van der Waals surface area contributed by atoms with Crippen molar-refractivity contribution in [3.63, 3.8) is 0 Å². The molecule has 0 bridgehead atoms. The van der Waals surface area contributed by atoms with E-state index in [-0.39, 0.29) is 5.56 Å². The molecule has 1 N–H and O–H groups in total. The summed E-state index contributed by atoms with van der Waals surface area (Å²) in [6.07, 6.45) is 0. The van der Waals surface area contributed by atoms with Gasteiger partial charge in [0, 0.05) is 16.2 Å². The second-order valence-electron chi connectivity index (χ2n) is 4.49. The van der Waals surface area contributed by atoms with Crippen LogP contribution in [0.25, 0.3) is 0 Å². The first-order chi connectivity index (χ1) is 9.38. The molecule has 0 saturated carbocycles. The van der Waals surface area contributed by atoms with E-state index in [4.69, 9.17) is 0 Å². The van der Waals surface area contributed by atoms with Gasteiger partial charge in [0.25, 0.3) is 5.91 Å². The highest BCUT2D eigenvalue weighted by Crippen LogP contribution is 2.25. The van der Waals surface area contributed by atoms with Crippen molar-refractivity contribution in [2.75, 3.05) is 5.32 Å².